The number of benzene rings is 9. The Labute approximate surface area is 370 Å². The number of para-hydroxylation sites is 1. The van der Waals surface area contributed by atoms with Gasteiger partial charge in [-0.05, 0) is 134 Å². The van der Waals surface area contributed by atoms with E-state index in [1.807, 2.05) is 6.07 Å². The summed E-state index contributed by atoms with van der Waals surface area (Å²) in [5.74, 6) is 0.678. The molecule has 0 spiro atoms. The fraction of sp³-hybridized carbons (Fsp3) is 0.148. The molecule has 304 valence electrons. The van der Waals surface area contributed by atoms with Gasteiger partial charge in [-0.3, -0.25) is 0 Å². The monoisotopic (exact) mass is 811 g/mol. The van der Waals surface area contributed by atoms with Gasteiger partial charge in [0.05, 0.1) is 11.4 Å². The van der Waals surface area contributed by atoms with E-state index in [9.17, 15) is 0 Å². The molecule has 2 heteroatoms. The third-order valence-electron chi connectivity index (χ3n) is 14.3. The van der Waals surface area contributed by atoms with Crippen LogP contribution in [0.15, 0.2) is 199 Å². The summed E-state index contributed by atoms with van der Waals surface area (Å²) >= 11 is 0. The number of hydrogen-bond donors (Lipinski definition) is 0. The number of fused-ring (bicyclic) bond motifs is 7. The van der Waals surface area contributed by atoms with Crippen molar-refractivity contribution >= 4 is 49.8 Å². The highest BCUT2D eigenvalue weighted by atomic mass is 16.3. The fourth-order valence-electron chi connectivity index (χ4n) is 10.9. The Morgan fingerprint density at radius 2 is 1.10 bits per heavy atom. The second-order valence-electron chi connectivity index (χ2n) is 18.3. The number of furan rings is 1. The normalized spacial score (nSPS) is 14.6. The van der Waals surface area contributed by atoms with Gasteiger partial charge in [-0.15, -0.1) is 0 Å². The molecule has 9 aromatic carbocycles. The van der Waals surface area contributed by atoms with Gasteiger partial charge in [0.1, 0.15) is 11.2 Å². The summed E-state index contributed by atoms with van der Waals surface area (Å²) in [4.78, 5) is 2.52. The summed E-state index contributed by atoms with van der Waals surface area (Å²) in [5, 5.41) is 4.65. The molecule has 0 saturated heterocycles. The molecule has 0 radical (unpaired) electrons. The van der Waals surface area contributed by atoms with Crippen LogP contribution in [0, 0.1) is 0 Å². The first-order valence-corrected chi connectivity index (χ1v) is 22.8. The van der Waals surface area contributed by atoms with Crippen molar-refractivity contribution in [2.45, 2.75) is 57.3 Å². The quantitative estimate of drug-likeness (QED) is 0.159. The molecule has 1 heterocycles. The number of rotatable bonds is 7. The summed E-state index contributed by atoms with van der Waals surface area (Å²) in [7, 11) is 0. The zero-order valence-electron chi connectivity index (χ0n) is 35.9. The minimum Gasteiger partial charge on any atom is -0.456 e. The van der Waals surface area contributed by atoms with Crippen LogP contribution in [0.3, 0.4) is 0 Å². The van der Waals surface area contributed by atoms with Crippen molar-refractivity contribution in [3.05, 3.63) is 211 Å². The van der Waals surface area contributed by atoms with Gasteiger partial charge in [0.25, 0.3) is 0 Å². The van der Waals surface area contributed by atoms with Crippen LogP contribution in [0.25, 0.3) is 77.2 Å². The maximum absolute atomic E-state index is 6.54. The Balaban J connectivity index is 1.11. The topological polar surface area (TPSA) is 16.4 Å². The molecular weight excluding hydrogens is 763 g/mol. The van der Waals surface area contributed by atoms with Crippen LogP contribution in [-0.4, -0.2) is 0 Å². The van der Waals surface area contributed by atoms with E-state index < -0.39 is 0 Å². The molecule has 10 aromatic rings. The molecule has 0 bridgehead atoms. The van der Waals surface area contributed by atoms with Crippen molar-refractivity contribution in [3.63, 3.8) is 0 Å². The highest BCUT2D eigenvalue weighted by molar-refractivity contribution is 6.08. The minimum atomic E-state index is -0.102. The summed E-state index contributed by atoms with van der Waals surface area (Å²) < 4.78 is 6.54. The third kappa shape index (κ3) is 6.39. The van der Waals surface area contributed by atoms with Gasteiger partial charge >= 0.3 is 0 Å². The van der Waals surface area contributed by atoms with Gasteiger partial charge in [0, 0.05) is 33.0 Å². The third-order valence-corrected chi connectivity index (χ3v) is 14.3. The average Bonchev–Trinajstić information content (AvgIpc) is 3.83. The van der Waals surface area contributed by atoms with Crippen molar-refractivity contribution in [1.29, 1.82) is 0 Å². The number of nitrogens with zero attached hydrogens (tertiary/aromatic N) is 1. The molecule has 0 aliphatic heterocycles. The number of hydrogen-bond acceptors (Lipinski definition) is 2. The van der Waals surface area contributed by atoms with Crippen molar-refractivity contribution in [2.75, 3.05) is 4.90 Å². The first-order valence-electron chi connectivity index (χ1n) is 22.8. The van der Waals surface area contributed by atoms with Crippen LogP contribution in [0.2, 0.25) is 0 Å². The fourth-order valence-corrected chi connectivity index (χ4v) is 10.9. The largest absolute Gasteiger partial charge is 0.456 e. The molecule has 1 fully saturated rings. The molecule has 2 aliphatic rings. The van der Waals surface area contributed by atoms with Gasteiger partial charge in [0.2, 0.25) is 0 Å². The highest BCUT2D eigenvalue weighted by Crippen LogP contribution is 2.53. The van der Waals surface area contributed by atoms with Crippen molar-refractivity contribution in [1.82, 2.24) is 0 Å². The Morgan fingerprint density at radius 1 is 0.429 bits per heavy atom. The second-order valence-corrected chi connectivity index (χ2v) is 18.3. The van der Waals surface area contributed by atoms with Gasteiger partial charge < -0.3 is 9.32 Å². The zero-order chi connectivity index (χ0) is 42.1. The Hall–Kier alpha value is -7.16. The SMILES string of the molecule is CC1(C)c2ccccc2-c2cc(N(c3ccc(-c4ccc(C5CCCCC5)cc4)cc3-c3ccccc3)c3cc4ccccc4cc3-c3ccc4c(c3)oc3ccccc34)ccc21. The lowest BCUT2D eigenvalue weighted by atomic mass is 9.82. The van der Waals surface area contributed by atoms with Crippen LogP contribution >= 0.6 is 0 Å². The van der Waals surface area contributed by atoms with Gasteiger partial charge in [-0.25, -0.2) is 0 Å². The lowest BCUT2D eigenvalue weighted by Gasteiger charge is -2.31. The molecule has 12 rings (SSSR count). The molecular formula is C61H49NO. The standard InChI is InChI=1S/C61H49NO/c1-61(2)55-23-13-11-21-49(55)54-39-48(31-33-56(54)61)62(57-34-30-46(36-52(57)43-17-7-4-8-18-43)42-27-25-41(26-28-42)40-15-5-3-6-16-40)58-37-45-20-10-9-19-44(45)35-53(58)47-29-32-51-50-22-12-14-24-59(50)63-60(51)38-47/h4,7-14,17-40H,3,5-6,15-16H2,1-2H3. The molecule has 63 heavy (non-hydrogen) atoms. The molecule has 2 aliphatic carbocycles. The van der Waals surface area contributed by atoms with E-state index in [1.165, 1.54) is 92.9 Å². The van der Waals surface area contributed by atoms with Crippen LogP contribution in [0.5, 0.6) is 0 Å². The summed E-state index contributed by atoms with van der Waals surface area (Å²) in [5.41, 5.74) is 18.9. The van der Waals surface area contributed by atoms with Crippen LogP contribution in [0.4, 0.5) is 17.1 Å². The Kier molecular flexibility index (Phi) is 8.97. The summed E-state index contributed by atoms with van der Waals surface area (Å²) in [6.07, 6.45) is 6.65. The van der Waals surface area contributed by atoms with E-state index in [1.54, 1.807) is 0 Å². The van der Waals surface area contributed by atoms with E-state index in [2.05, 4.69) is 207 Å². The smallest absolute Gasteiger partial charge is 0.136 e. The van der Waals surface area contributed by atoms with Gasteiger partial charge in [-0.1, -0.05) is 173 Å². The minimum absolute atomic E-state index is 0.102. The molecule has 2 nitrogen and oxygen atoms in total. The Bertz CT molecular complexity index is 3350. The molecule has 1 saturated carbocycles. The lowest BCUT2D eigenvalue weighted by molar-refractivity contribution is 0.443. The van der Waals surface area contributed by atoms with E-state index in [-0.39, 0.29) is 5.41 Å². The van der Waals surface area contributed by atoms with Gasteiger partial charge in [-0.2, -0.15) is 0 Å². The van der Waals surface area contributed by atoms with Crippen molar-refractivity contribution in [3.8, 4) is 44.5 Å². The van der Waals surface area contributed by atoms with E-state index in [0.29, 0.717) is 5.92 Å². The number of anilines is 3. The predicted molar refractivity (Wildman–Crippen MR) is 266 cm³/mol. The Morgan fingerprint density at radius 3 is 1.94 bits per heavy atom. The van der Waals surface area contributed by atoms with Crippen molar-refractivity contribution < 1.29 is 4.42 Å². The molecule has 1 aromatic heterocycles. The highest BCUT2D eigenvalue weighted by Gasteiger charge is 2.36. The molecule has 0 amide bonds. The maximum atomic E-state index is 6.54. The van der Waals surface area contributed by atoms with Crippen LogP contribution in [0.1, 0.15) is 68.6 Å². The molecule has 0 atom stereocenters. The summed E-state index contributed by atoms with van der Waals surface area (Å²) in [6, 6.07) is 72.3. The van der Waals surface area contributed by atoms with Crippen LogP contribution in [-0.2, 0) is 5.41 Å². The zero-order valence-corrected chi connectivity index (χ0v) is 35.9. The lowest BCUT2D eigenvalue weighted by Crippen LogP contribution is -2.16. The van der Waals surface area contributed by atoms with Gasteiger partial charge in [0.15, 0.2) is 0 Å². The van der Waals surface area contributed by atoms with Crippen LogP contribution < -0.4 is 4.90 Å². The summed E-state index contributed by atoms with van der Waals surface area (Å²) in [6.45, 7) is 4.72. The van der Waals surface area contributed by atoms with E-state index >= 15 is 0 Å². The van der Waals surface area contributed by atoms with Crippen molar-refractivity contribution in [2.24, 2.45) is 0 Å². The molecule has 0 unspecified atom stereocenters. The first-order chi connectivity index (χ1) is 31.0. The van der Waals surface area contributed by atoms with E-state index in [0.717, 1.165) is 50.1 Å². The maximum Gasteiger partial charge on any atom is 0.136 e. The first kappa shape index (κ1) is 37.6. The average molecular weight is 812 g/mol. The van der Waals surface area contributed by atoms with E-state index in [4.69, 9.17) is 4.42 Å². The predicted octanol–water partition coefficient (Wildman–Crippen LogP) is 17.6. The molecule has 0 N–H and O–H groups in total. The second kappa shape index (κ2) is 15.0.